The molecule has 0 aliphatic heterocycles. The van der Waals surface area contributed by atoms with E-state index in [0.29, 0.717) is 6.04 Å². The monoisotopic (exact) mass is 280 g/mol. The number of carbonyl (C=O) groups is 1. The van der Waals surface area contributed by atoms with Crippen molar-refractivity contribution in [2.24, 2.45) is 0 Å². The molecule has 20 heavy (non-hydrogen) atoms. The van der Waals surface area contributed by atoms with E-state index in [9.17, 15) is 9.18 Å². The third-order valence-electron chi connectivity index (χ3n) is 3.42. The largest absolute Gasteiger partial charge is 0.490 e. The quantitative estimate of drug-likeness (QED) is 0.804. The van der Waals surface area contributed by atoms with Crippen LogP contribution in [0.4, 0.5) is 4.39 Å². The van der Waals surface area contributed by atoms with Gasteiger partial charge in [0.25, 0.3) is 0 Å². The Hall–Kier alpha value is -1.62. The average Bonchev–Trinajstić information content (AvgIpc) is 3.23. The molecular formula is C15H21FN2O2. The van der Waals surface area contributed by atoms with Crippen molar-refractivity contribution in [3.8, 4) is 5.75 Å². The molecule has 1 unspecified atom stereocenters. The highest BCUT2D eigenvalue weighted by molar-refractivity contribution is 5.76. The lowest BCUT2D eigenvalue weighted by Gasteiger charge is -2.13. The Balaban J connectivity index is 1.81. The predicted molar refractivity (Wildman–Crippen MR) is 75.2 cm³/mol. The van der Waals surface area contributed by atoms with E-state index in [1.165, 1.54) is 6.07 Å². The van der Waals surface area contributed by atoms with E-state index >= 15 is 0 Å². The van der Waals surface area contributed by atoms with E-state index in [1.807, 2.05) is 20.0 Å². The van der Waals surface area contributed by atoms with Crippen molar-refractivity contribution >= 4 is 5.91 Å². The SMILES string of the molecule is CNC(C)c1ccc(OCCC(=O)NC2CC2)c(F)c1. The Kier molecular flexibility index (Phi) is 4.95. The van der Waals surface area contributed by atoms with Crippen molar-refractivity contribution in [1.82, 2.24) is 10.6 Å². The molecule has 0 spiro atoms. The molecule has 1 aromatic rings. The summed E-state index contributed by atoms with van der Waals surface area (Å²) in [7, 11) is 1.82. The van der Waals surface area contributed by atoms with Gasteiger partial charge in [-0.05, 0) is 44.5 Å². The first-order valence-corrected chi connectivity index (χ1v) is 6.99. The van der Waals surface area contributed by atoms with E-state index in [2.05, 4.69) is 10.6 Å². The van der Waals surface area contributed by atoms with E-state index in [1.54, 1.807) is 6.07 Å². The summed E-state index contributed by atoms with van der Waals surface area (Å²) in [6.45, 7) is 2.15. The zero-order valence-electron chi connectivity index (χ0n) is 11.9. The van der Waals surface area contributed by atoms with Gasteiger partial charge in [-0.1, -0.05) is 6.07 Å². The Morgan fingerprint density at radius 1 is 1.50 bits per heavy atom. The first-order chi connectivity index (χ1) is 9.60. The van der Waals surface area contributed by atoms with E-state index in [4.69, 9.17) is 4.74 Å². The molecule has 2 N–H and O–H groups in total. The lowest BCUT2D eigenvalue weighted by molar-refractivity contribution is -0.121. The van der Waals surface area contributed by atoms with Gasteiger partial charge in [0.15, 0.2) is 11.6 Å². The Labute approximate surface area is 118 Å². The van der Waals surface area contributed by atoms with Crippen molar-refractivity contribution in [2.75, 3.05) is 13.7 Å². The molecule has 1 aliphatic carbocycles. The summed E-state index contributed by atoms with van der Waals surface area (Å²) in [6.07, 6.45) is 2.38. The molecule has 110 valence electrons. The van der Waals surface area contributed by atoms with Gasteiger partial charge in [0.1, 0.15) is 0 Å². The van der Waals surface area contributed by atoms with Crippen LogP contribution in [0.2, 0.25) is 0 Å². The number of halogens is 1. The third kappa shape index (κ3) is 4.20. The highest BCUT2D eigenvalue weighted by Gasteiger charge is 2.22. The molecule has 1 atom stereocenters. The summed E-state index contributed by atoms with van der Waals surface area (Å²) in [6, 6.07) is 5.33. The molecule has 0 radical (unpaired) electrons. The fraction of sp³-hybridized carbons (Fsp3) is 0.533. The molecule has 1 amide bonds. The number of nitrogens with one attached hydrogen (secondary N) is 2. The first-order valence-electron chi connectivity index (χ1n) is 6.99. The average molecular weight is 280 g/mol. The summed E-state index contributed by atoms with van der Waals surface area (Å²) in [5, 5.41) is 5.92. The van der Waals surface area contributed by atoms with Gasteiger partial charge >= 0.3 is 0 Å². The summed E-state index contributed by atoms with van der Waals surface area (Å²) in [4.78, 5) is 11.5. The summed E-state index contributed by atoms with van der Waals surface area (Å²) < 4.78 is 19.2. The number of hydrogen-bond donors (Lipinski definition) is 2. The molecule has 0 bridgehead atoms. The van der Waals surface area contributed by atoms with Gasteiger partial charge in [0, 0.05) is 12.1 Å². The smallest absolute Gasteiger partial charge is 0.223 e. The zero-order chi connectivity index (χ0) is 14.5. The number of amides is 1. The van der Waals surface area contributed by atoms with Crippen molar-refractivity contribution in [3.05, 3.63) is 29.6 Å². The van der Waals surface area contributed by atoms with Crippen LogP contribution in [0.15, 0.2) is 18.2 Å². The first kappa shape index (κ1) is 14.8. The van der Waals surface area contributed by atoms with Crippen LogP contribution in [0.25, 0.3) is 0 Å². The van der Waals surface area contributed by atoms with Crippen LogP contribution in [0.5, 0.6) is 5.75 Å². The van der Waals surface area contributed by atoms with Crippen molar-refractivity contribution in [2.45, 2.75) is 38.3 Å². The van der Waals surface area contributed by atoms with Crippen LogP contribution >= 0.6 is 0 Å². The minimum absolute atomic E-state index is 0.0340. The Bertz CT molecular complexity index is 475. The molecule has 1 fully saturated rings. The van der Waals surface area contributed by atoms with E-state index < -0.39 is 5.82 Å². The van der Waals surface area contributed by atoms with Crippen LogP contribution in [-0.4, -0.2) is 25.6 Å². The number of hydrogen-bond acceptors (Lipinski definition) is 3. The number of rotatable bonds is 7. The standard InChI is InChI=1S/C15H21FN2O2/c1-10(17-2)11-3-6-14(13(16)9-11)20-8-7-15(19)18-12-4-5-12/h3,6,9-10,12,17H,4-5,7-8H2,1-2H3,(H,18,19). The Morgan fingerprint density at radius 3 is 2.85 bits per heavy atom. The van der Waals surface area contributed by atoms with Gasteiger partial charge in [-0.15, -0.1) is 0 Å². The minimum Gasteiger partial charge on any atom is -0.490 e. The second kappa shape index (κ2) is 6.70. The molecule has 1 aliphatic rings. The summed E-state index contributed by atoms with van der Waals surface area (Å²) in [5.41, 5.74) is 0.865. The number of carbonyl (C=O) groups excluding carboxylic acids is 1. The van der Waals surface area contributed by atoms with Crippen molar-refractivity contribution in [1.29, 1.82) is 0 Å². The predicted octanol–water partition coefficient (Wildman–Crippen LogP) is 2.15. The highest BCUT2D eigenvalue weighted by Crippen LogP contribution is 2.22. The molecule has 1 aromatic carbocycles. The molecule has 1 saturated carbocycles. The fourth-order valence-electron chi connectivity index (χ4n) is 1.85. The normalized spacial score (nSPS) is 15.8. The van der Waals surface area contributed by atoms with Gasteiger partial charge in [-0.25, -0.2) is 4.39 Å². The molecule has 2 rings (SSSR count). The topological polar surface area (TPSA) is 50.4 Å². The highest BCUT2D eigenvalue weighted by atomic mass is 19.1. The molecule has 5 heteroatoms. The minimum atomic E-state index is -0.396. The zero-order valence-corrected chi connectivity index (χ0v) is 11.9. The van der Waals surface area contributed by atoms with Gasteiger partial charge in [0.05, 0.1) is 13.0 Å². The van der Waals surface area contributed by atoms with E-state index in [0.717, 1.165) is 18.4 Å². The van der Waals surface area contributed by atoms with Crippen LogP contribution in [0.1, 0.15) is 37.8 Å². The van der Waals surface area contributed by atoms with Gasteiger partial charge in [-0.3, -0.25) is 4.79 Å². The van der Waals surface area contributed by atoms with Crippen LogP contribution in [0.3, 0.4) is 0 Å². The van der Waals surface area contributed by atoms with Gasteiger partial charge < -0.3 is 15.4 Å². The maximum atomic E-state index is 13.8. The maximum absolute atomic E-state index is 13.8. The molecular weight excluding hydrogens is 259 g/mol. The van der Waals surface area contributed by atoms with Crippen LogP contribution in [-0.2, 0) is 4.79 Å². The van der Waals surface area contributed by atoms with Crippen molar-refractivity contribution in [3.63, 3.8) is 0 Å². The van der Waals surface area contributed by atoms with Crippen LogP contribution in [0, 0.1) is 5.82 Å². The molecule has 0 heterocycles. The van der Waals surface area contributed by atoms with E-state index in [-0.39, 0.29) is 30.7 Å². The van der Waals surface area contributed by atoms with Crippen LogP contribution < -0.4 is 15.4 Å². The maximum Gasteiger partial charge on any atom is 0.223 e. The van der Waals surface area contributed by atoms with Gasteiger partial charge in [-0.2, -0.15) is 0 Å². The molecule has 0 saturated heterocycles. The second-order valence-corrected chi connectivity index (χ2v) is 5.14. The van der Waals surface area contributed by atoms with Gasteiger partial charge in [0.2, 0.25) is 5.91 Å². The second-order valence-electron chi connectivity index (χ2n) is 5.14. The number of ether oxygens (including phenoxy) is 1. The molecule has 0 aromatic heterocycles. The number of benzene rings is 1. The van der Waals surface area contributed by atoms with Crippen molar-refractivity contribution < 1.29 is 13.9 Å². The Morgan fingerprint density at radius 2 is 2.25 bits per heavy atom. The summed E-state index contributed by atoms with van der Waals surface area (Å²) >= 11 is 0. The lowest BCUT2D eigenvalue weighted by atomic mass is 10.1. The third-order valence-corrected chi connectivity index (χ3v) is 3.42. The fourth-order valence-corrected chi connectivity index (χ4v) is 1.85. The molecule has 4 nitrogen and oxygen atoms in total. The summed E-state index contributed by atoms with van der Waals surface area (Å²) in [5.74, 6) is -0.239. The lowest BCUT2D eigenvalue weighted by Crippen LogP contribution is -2.26.